The minimum absolute atomic E-state index is 0.352. The van der Waals surface area contributed by atoms with E-state index < -0.39 is 5.97 Å². The molecule has 1 rings (SSSR count). The molecule has 5 heteroatoms. The van der Waals surface area contributed by atoms with Crippen LogP contribution >= 0.6 is 15.9 Å². The van der Waals surface area contributed by atoms with Crippen LogP contribution in [-0.4, -0.2) is 23.3 Å². The number of carbonyl (C=O) groups excluding carboxylic acids is 1. The molecule has 0 atom stereocenters. The van der Waals surface area contributed by atoms with Crippen molar-refractivity contribution in [3.05, 3.63) is 15.9 Å². The van der Waals surface area contributed by atoms with Crippen molar-refractivity contribution in [3.63, 3.8) is 0 Å². The Hall–Kier alpha value is -0.840. The van der Waals surface area contributed by atoms with E-state index in [1.807, 2.05) is 0 Å². The van der Waals surface area contributed by atoms with Crippen LogP contribution in [0.2, 0.25) is 0 Å². The van der Waals surface area contributed by atoms with Crippen molar-refractivity contribution in [2.24, 2.45) is 0 Å². The number of ether oxygens (including phenoxy) is 1. The van der Waals surface area contributed by atoms with Crippen LogP contribution in [0.5, 0.6) is 0 Å². The van der Waals surface area contributed by atoms with Crippen molar-refractivity contribution < 1.29 is 9.53 Å². The summed E-state index contributed by atoms with van der Waals surface area (Å²) in [5.41, 5.74) is 1.09. The molecule has 0 bridgehead atoms. The summed E-state index contributed by atoms with van der Waals surface area (Å²) < 4.78 is 5.15. The molecule has 0 saturated carbocycles. The highest BCUT2D eigenvalue weighted by Gasteiger charge is 2.14. The van der Waals surface area contributed by atoms with E-state index >= 15 is 0 Å². The molecule has 1 aromatic rings. The molecule has 4 nitrogen and oxygen atoms in total. The lowest BCUT2D eigenvalue weighted by atomic mass is 10.4. The van der Waals surface area contributed by atoms with Crippen molar-refractivity contribution in [2.75, 3.05) is 7.11 Å². The number of nitrogens with one attached hydrogen (secondary N) is 1. The Labute approximate surface area is 72.1 Å². The average Bonchev–Trinajstić information content (AvgIpc) is 2.32. The summed E-state index contributed by atoms with van der Waals surface area (Å²) in [6.07, 6.45) is 0. The summed E-state index contributed by atoms with van der Waals surface area (Å²) in [5, 5.41) is 6.37. The van der Waals surface area contributed by atoms with Crippen molar-refractivity contribution in [1.29, 1.82) is 0 Å². The van der Waals surface area contributed by atoms with Gasteiger partial charge in [0.1, 0.15) is 0 Å². The van der Waals surface area contributed by atoms with E-state index in [4.69, 9.17) is 0 Å². The summed E-state index contributed by atoms with van der Waals surface area (Å²) in [6.45, 7) is 1.78. The van der Waals surface area contributed by atoms with Crippen molar-refractivity contribution >= 4 is 21.9 Å². The van der Waals surface area contributed by atoms with Crippen LogP contribution in [0.1, 0.15) is 16.2 Å². The third-order valence-corrected chi connectivity index (χ3v) is 2.23. The first-order valence-corrected chi connectivity index (χ1v) is 3.75. The molecule has 0 spiro atoms. The van der Waals surface area contributed by atoms with Gasteiger partial charge in [-0.2, -0.15) is 5.10 Å². The molecule has 0 amide bonds. The third-order valence-electron chi connectivity index (χ3n) is 1.26. The van der Waals surface area contributed by atoms with E-state index in [0.29, 0.717) is 10.2 Å². The zero-order valence-corrected chi connectivity index (χ0v) is 7.73. The first kappa shape index (κ1) is 8.26. The fourth-order valence-corrected chi connectivity index (χ4v) is 0.995. The molecule has 0 radical (unpaired) electrons. The van der Waals surface area contributed by atoms with E-state index in [2.05, 4.69) is 30.9 Å². The highest BCUT2D eigenvalue weighted by Crippen LogP contribution is 2.18. The van der Waals surface area contributed by atoms with E-state index in [1.54, 1.807) is 6.92 Å². The highest BCUT2D eigenvalue weighted by atomic mass is 79.9. The second-order valence-corrected chi connectivity index (χ2v) is 2.78. The number of aryl methyl sites for hydroxylation is 1. The maximum Gasteiger partial charge on any atom is 0.357 e. The molecular formula is C6H7BrN2O2. The summed E-state index contributed by atoms with van der Waals surface area (Å²) in [6, 6.07) is 0. The van der Waals surface area contributed by atoms with Crippen molar-refractivity contribution in [1.82, 2.24) is 10.2 Å². The van der Waals surface area contributed by atoms with Gasteiger partial charge in [0.15, 0.2) is 5.69 Å². The molecule has 0 saturated heterocycles. The van der Waals surface area contributed by atoms with Gasteiger partial charge in [0.2, 0.25) is 0 Å². The number of halogens is 1. The van der Waals surface area contributed by atoms with Crippen molar-refractivity contribution in [2.45, 2.75) is 6.92 Å². The maximum atomic E-state index is 10.9. The van der Waals surface area contributed by atoms with E-state index in [0.717, 1.165) is 5.69 Å². The quantitative estimate of drug-likeness (QED) is 0.723. The first-order chi connectivity index (χ1) is 5.16. The fraction of sp³-hybridized carbons (Fsp3) is 0.333. The van der Waals surface area contributed by atoms with E-state index in [9.17, 15) is 4.79 Å². The Morgan fingerprint density at radius 2 is 2.36 bits per heavy atom. The number of aromatic nitrogens is 2. The standard InChI is InChI=1S/C6H7BrN2O2/c1-3-4(7)5(9-8-3)6(10)11-2/h1-2H3,(H,8,9). The molecule has 1 heterocycles. The smallest absolute Gasteiger partial charge is 0.357 e. The normalized spacial score (nSPS) is 9.73. The van der Waals surface area contributed by atoms with E-state index in [-0.39, 0.29) is 0 Å². The van der Waals surface area contributed by atoms with Gasteiger partial charge in [-0.25, -0.2) is 4.79 Å². The largest absolute Gasteiger partial charge is 0.464 e. The van der Waals surface area contributed by atoms with Crippen LogP contribution in [0.4, 0.5) is 0 Å². The predicted molar refractivity (Wildman–Crippen MR) is 42.4 cm³/mol. The molecule has 0 unspecified atom stereocenters. The van der Waals surface area contributed by atoms with Crippen molar-refractivity contribution in [3.8, 4) is 0 Å². The fourth-order valence-electron chi connectivity index (χ4n) is 0.656. The van der Waals surface area contributed by atoms with Gasteiger partial charge in [-0.15, -0.1) is 0 Å². The van der Waals surface area contributed by atoms with Gasteiger partial charge in [-0.3, -0.25) is 5.10 Å². The second kappa shape index (κ2) is 3.04. The molecule has 1 aromatic heterocycles. The van der Waals surface area contributed by atoms with Gasteiger partial charge in [0, 0.05) is 0 Å². The number of hydrogen-bond donors (Lipinski definition) is 1. The monoisotopic (exact) mass is 218 g/mol. The predicted octanol–water partition coefficient (Wildman–Crippen LogP) is 1.27. The molecular weight excluding hydrogens is 212 g/mol. The van der Waals surface area contributed by atoms with Gasteiger partial charge in [-0.05, 0) is 22.9 Å². The third kappa shape index (κ3) is 1.42. The maximum absolute atomic E-state index is 10.9. The zero-order chi connectivity index (χ0) is 8.43. The molecule has 0 fully saturated rings. The van der Waals surface area contributed by atoms with Crippen LogP contribution in [0.15, 0.2) is 4.47 Å². The van der Waals surface area contributed by atoms with Gasteiger partial charge in [-0.1, -0.05) is 0 Å². The Kier molecular flexibility index (Phi) is 2.28. The summed E-state index contributed by atoms with van der Waals surface area (Å²) in [5.74, 6) is -0.419. The average molecular weight is 219 g/mol. The van der Waals surface area contributed by atoms with Crippen LogP contribution in [0, 0.1) is 6.92 Å². The minimum Gasteiger partial charge on any atom is -0.464 e. The molecule has 11 heavy (non-hydrogen) atoms. The van der Waals surface area contributed by atoms with Gasteiger partial charge < -0.3 is 4.74 Å². The first-order valence-electron chi connectivity index (χ1n) is 2.95. The highest BCUT2D eigenvalue weighted by molar-refractivity contribution is 9.10. The number of carbonyl (C=O) groups is 1. The molecule has 0 aliphatic carbocycles. The number of H-pyrrole nitrogens is 1. The number of esters is 1. The number of hydrogen-bond acceptors (Lipinski definition) is 3. The Bertz CT molecular complexity index is 282. The summed E-state index contributed by atoms with van der Waals surface area (Å²) in [4.78, 5) is 10.9. The molecule has 1 N–H and O–H groups in total. The number of aromatic amines is 1. The lowest BCUT2D eigenvalue weighted by Gasteiger charge is -1.93. The van der Waals surface area contributed by atoms with Crippen LogP contribution in [-0.2, 0) is 4.74 Å². The SMILES string of the molecule is COC(=O)c1[nH]nc(C)c1Br. The summed E-state index contributed by atoms with van der Waals surface area (Å²) in [7, 11) is 1.32. The van der Waals surface area contributed by atoms with Crippen LogP contribution < -0.4 is 0 Å². The molecule has 0 aliphatic rings. The van der Waals surface area contributed by atoms with Gasteiger partial charge in [0.05, 0.1) is 17.3 Å². The molecule has 0 aliphatic heterocycles. The lowest BCUT2D eigenvalue weighted by molar-refractivity contribution is 0.0593. The Balaban J connectivity index is 3.04. The van der Waals surface area contributed by atoms with Crippen LogP contribution in [0.3, 0.4) is 0 Å². The minimum atomic E-state index is -0.419. The number of nitrogens with zero attached hydrogens (tertiary/aromatic N) is 1. The summed E-state index contributed by atoms with van der Waals surface area (Å²) >= 11 is 3.20. The van der Waals surface area contributed by atoms with E-state index in [1.165, 1.54) is 7.11 Å². The zero-order valence-electron chi connectivity index (χ0n) is 6.14. The second-order valence-electron chi connectivity index (χ2n) is 1.99. The lowest BCUT2D eigenvalue weighted by Crippen LogP contribution is -2.02. The van der Waals surface area contributed by atoms with Crippen LogP contribution in [0.25, 0.3) is 0 Å². The Morgan fingerprint density at radius 3 is 2.73 bits per heavy atom. The molecule has 60 valence electrons. The van der Waals surface area contributed by atoms with Gasteiger partial charge in [0.25, 0.3) is 0 Å². The Morgan fingerprint density at radius 1 is 1.73 bits per heavy atom. The topological polar surface area (TPSA) is 55.0 Å². The molecule has 0 aromatic carbocycles. The number of rotatable bonds is 1. The van der Waals surface area contributed by atoms with Gasteiger partial charge >= 0.3 is 5.97 Å². The number of methoxy groups -OCH3 is 1.